The molecule has 1 aromatic carbocycles. The molecule has 118 valence electrons. The Kier molecular flexibility index (Phi) is 3.39. The predicted molar refractivity (Wildman–Crippen MR) is 93.5 cm³/mol. The van der Waals surface area contributed by atoms with Crippen molar-refractivity contribution in [1.29, 1.82) is 0 Å². The fourth-order valence-electron chi connectivity index (χ4n) is 3.21. The normalized spacial score (nSPS) is 16.6. The molecule has 2 N–H and O–H groups in total. The first-order chi connectivity index (χ1) is 11.1. The molecule has 4 rings (SSSR count). The number of aliphatic hydroxyl groups is 1. The maximum atomic E-state index is 10.8. The summed E-state index contributed by atoms with van der Waals surface area (Å²) in [5, 5.41) is 11.9. The third-order valence-corrected chi connectivity index (χ3v) is 5.03. The van der Waals surface area contributed by atoms with Gasteiger partial charge in [0.05, 0.1) is 18.5 Å². The van der Waals surface area contributed by atoms with Crippen LogP contribution in [0.25, 0.3) is 11.0 Å². The van der Waals surface area contributed by atoms with Crippen LogP contribution in [0.4, 0.5) is 5.82 Å². The van der Waals surface area contributed by atoms with Gasteiger partial charge in [-0.25, -0.2) is 9.97 Å². The van der Waals surface area contributed by atoms with Gasteiger partial charge in [0.2, 0.25) is 0 Å². The summed E-state index contributed by atoms with van der Waals surface area (Å²) in [6, 6.07) is 7.84. The van der Waals surface area contributed by atoms with E-state index >= 15 is 0 Å². The van der Waals surface area contributed by atoms with Crippen LogP contribution in [0.3, 0.4) is 0 Å². The number of benzene rings is 1. The lowest BCUT2D eigenvalue weighted by Crippen LogP contribution is -2.60. The molecule has 0 unspecified atom stereocenters. The first-order valence-corrected chi connectivity index (χ1v) is 8.44. The Bertz CT molecular complexity index is 853. The number of H-pyrrole nitrogens is 1. The topological polar surface area (TPSA) is 65.0 Å². The molecule has 1 fully saturated rings. The summed E-state index contributed by atoms with van der Waals surface area (Å²) in [4.78, 5) is 14.1. The van der Waals surface area contributed by atoms with E-state index < -0.39 is 5.60 Å². The molecule has 0 amide bonds. The molecule has 0 saturated carbocycles. The number of anilines is 1. The third kappa shape index (κ3) is 2.33. The number of rotatable bonds is 3. The van der Waals surface area contributed by atoms with E-state index in [0.717, 1.165) is 33.3 Å². The molecule has 0 atom stereocenters. The number of aromatic nitrogens is 3. The Hall–Kier alpha value is -1.92. The largest absolute Gasteiger partial charge is 0.381 e. The quantitative estimate of drug-likeness (QED) is 0.741. The number of nitrogens with zero attached hydrogens (tertiary/aromatic N) is 3. The van der Waals surface area contributed by atoms with Crippen molar-refractivity contribution in [2.45, 2.75) is 18.9 Å². The molecule has 3 aromatic rings. The van der Waals surface area contributed by atoms with Crippen molar-refractivity contribution >= 4 is 32.8 Å². The van der Waals surface area contributed by atoms with Crippen LogP contribution in [0.15, 0.2) is 41.3 Å². The van der Waals surface area contributed by atoms with Crippen molar-refractivity contribution in [3.05, 3.63) is 52.4 Å². The van der Waals surface area contributed by atoms with Gasteiger partial charge in [0, 0.05) is 10.7 Å². The second-order valence-electron chi connectivity index (χ2n) is 5.98. The highest BCUT2D eigenvalue weighted by molar-refractivity contribution is 9.10. The fraction of sp³-hybridized carbons (Fsp3) is 0.294. The highest BCUT2D eigenvalue weighted by atomic mass is 79.9. The third-order valence-electron chi connectivity index (χ3n) is 4.50. The molecule has 1 aliphatic heterocycles. The molecular formula is C17H17BrN4O. The molecule has 5 nitrogen and oxygen atoms in total. The highest BCUT2D eigenvalue weighted by Gasteiger charge is 2.44. The van der Waals surface area contributed by atoms with Crippen LogP contribution < -0.4 is 4.90 Å². The first-order valence-electron chi connectivity index (χ1n) is 7.65. The average Bonchev–Trinajstić information content (AvgIpc) is 2.96. The monoisotopic (exact) mass is 372 g/mol. The average molecular weight is 373 g/mol. The van der Waals surface area contributed by atoms with Gasteiger partial charge in [-0.05, 0) is 29.7 Å². The van der Waals surface area contributed by atoms with Crippen LogP contribution in [-0.2, 0) is 12.0 Å². The van der Waals surface area contributed by atoms with Gasteiger partial charge in [-0.15, -0.1) is 0 Å². The Morgan fingerprint density at radius 3 is 2.70 bits per heavy atom. The van der Waals surface area contributed by atoms with E-state index in [-0.39, 0.29) is 0 Å². The number of β-amino-alcohol motifs (C(OH)–C–C–N with tert-alkyl or cyclic N) is 1. The maximum absolute atomic E-state index is 10.8. The minimum Gasteiger partial charge on any atom is -0.381 e. The Balaban J connectivity index is 1.65. The van der Waals surface area contributed by atoms with Crippen molar-refractivity contribution in [1.82, 2.24) is 15.0 Å². The summed E-state index contributed by atoms with van der Waals surface area (Å²) in [6.07, 6.45) is 4.49. The lowest BCUT2D eigenvalue weighted by Gasteiger charge is -2.47. The van der Waals surface area contributed by atoms with Crippen LogP contribution >= 0.6 is 15.9 Å². The number of aryl methyl sites for hydroxylation is 1. The van der Waals surface area contributed by atoms with Crippen molar-refractivity contribution in [3.63, 3.8) is 0 Å². The van der Waals surface area contributed by atoms with Gasteiger partial charge < -0.3 is 15.0 Å². The molecule has 23 heavy (non-hydrogen) atoms. The predicted octanol–water partition coefficient (Wildman–Crippen LogP) is 2.99. The van der Waals surface area contributed by atoms with Crippen molar-refractivity contribution in [2.75, 3.05) is 18.0 Å². The van der Waals surface area contributed by atoms with Gasteiger partial charge in [-0.3, -0.25) is 0 Å². The van der Waals surface area contributed by atoms with E-state index in [1.807, 2.05) is 30.5 Å². The summed E-state index contributed by atoms with van der Waals surface area (Å²) < 4.78 is 1.01. The lowest BCUT2D eigenvalue weighted by atomic mass is 9.86. The number of hydrogen-bond acceptors (Lipinski definition) is 4. The van der Waals surface area contributed by atoms with Crippen LogP contribution in [0, 0.1) is 0 Å². The second kappa shape index (κ2) is 5.32. The van der Waals surface area contributed by atoms with E-state index in [9.17, 15) is 5.11 Å². The van der Waals surface area contributed by atoms with E-state index in [4.69, 9.17) is 0 Å². The van der Waals surface area contributed by atoms with Crippen LogP contribution in [0.2, 0.25) is 0 Å². The van der Waals surface area contributed by atoms with Crippen LogP contribution in [-0.4, -0.2) is 33.1 Å². The van der Waals surface area contributed by atoms with Gasteiger partial charge in [-0.1, -0.05) is 35.0 Å². The molecule has 1 saturated heterocycles. The zero-order valence-corrected chi connectivity index (χ0v) is 14.3. The SMILES string of the molecule is CCc1c[nH]c2ncnc(N3CC(O)(c4ccc(Br)cc4)C3)c12. The van der Waals surface area contributed by atoms with Gasteiger partial charge in [0.15, 0.2) is 0 Å². The summed E-state index contributed by atoms with van der Waals surface area (Å²) in [5.41, 5.74) is 2.17. The molecule has 0 bridgehead atoms. The van der Waals surface area contributed by atoms with Gasteiger partial charge in [-0.2, -0.15) is 0 Å². The van der Waals surface area contributed by atoms with E-state index in [1.165, 1.54) is 5.56 Å². The zero-order valence-electron chi connectivity index (χ0n) is 12.8. The number of fused-ring (bicyclic) bond motifs is 1. The summed E-state index contributed by atoms with van der Waals surface area (Å²) in [5.74, 6) is 0.898. The number of halogens is 1. The molecule has 0 aliphatic carbocycles. The van der Waals surface area contributed by atoms with Crippen LogP contribution in [0.5, 0.6) is 0 Å². The second-order valence-corrected chi connectivity index (χ2v) is 6.90. The molecular weight excluding hydrogens is 356 g/mol. The Morgan fingerprint density at radius 1 is 1.26 bits per heavy atom. The molecule has 1 aliphatic rings. The Morgan fingerprint density at radius 2 is 2.00 bits per heavy atom. The Labute approximate surface area is 142 Å². The molecule has 6 heteroatoms. The molecule has 0 spiro atoms. The van der Waals surface area contributed by atoms with E-state index in [1.54, 1.807) is 6.33 Å². The van der Waals surface area contributed by atoms with Gasteiger partial charge in [0.25, 0.3) is 0 Å². The van der Waals surface area contributed by atoms with Crippen LogP contribution in [0.1, 0.15) is 18.1 Å². The maximum Gasteiger partial charge on any atom is 0.143 e. The minimum atomic E-state index is -0.819. The zero-order chi connectivity index (χ0) is 16.0. The summed E-state index contributed by atoms with van der Waals surface area (Å²) in [7, 11) is 0. The van der Waals surface area contributed by atoms with Crippen molar-refractivity contribution in [2.24, 2.45) is 0 Å². The smallest absolute Gasteiger partial charge is 0.143 e. The molecule has 3 heterocycles. The van der Waals surface area contributed by atoms with Crippen molar-refractivity contribution in [3.8, 4) is 0 Å². The van der Waals surface area contributed by atoms with Crippen molar-refractivity contribution < 1.29 is 5.11 Å². The number of nitrogens with one attached hydrogen (secondary N) is 1. The number of hydrogen-bond donors (Lipinski definition) is 2. The molecule has 0 radical (unpaired) electrons. The van der Waals surface area contributed by atoms with Gasteiger partial charge in [0.1, 0.15) is 23.4 Å². The first kappa shape index (κ1) is 14.7. The number of aromatic amines is 1. The highest BCUT2D eigenvalue weighted by Crippen LogP contribution is 2.38. The lowest BCUT2D eigenvalue weighted by molar-refractivity contribution is 0.00722. The van der Waals surface area contributed by atoms with E-state index in [0.29, 0.717) is 13.1 Å². The fourth-order valence-corrected chi connectivity index (χ4v) is 3.47. The standard InChI is InChI=1S/C17H17BrN4O/c1-2-11-7-19-15-14(11)16(21-10-20-15)22-8-17(23,9-22)12-3-5-13(18)6-4-12/h3-7,10,23H,2,8-9H2,1H3,(H,19,20,21). The summed E-state index contributed by atoms with van der Waals surface area (Å²) in [6.45, 7) is 3.19. The minimum absolute atomic E-state index is 0.537. The molecule has 2 aromatic heterocycles. The summed E-state index contributed by atoms with van der Waals surface area (Å²) >= 11 is 3.43. The van der Waals surface area contributed by atoms with Gasteiger partial charge >= 0.3 is 0 Å². The van der Waals surface area contributed by atoms with E-state index in [2.05, 4.69) is 42.7 Å².